The number of halogens is 1. The SMILES string of the molecule is CC1(C)CC(=O)C2=C(C1)Nc1ccccc1N(C(=O)c1ccccc1)[C@H]2c1ccc(-c2ccc([N+](=O)[O-])cc2Cl)o1. The first-order valence-electron chi connectivity index (χ1n) is 13.2. The van der Waals surface area contributed by atoms with E-state index in [1.165, 1.54) is 18.2 Å². The number of benzene rings is 3. The number of nitrogens with one attached hydrogen (secondary N) is 1. The van der Waals surface area contributed by atoms with E-state index in [0.29, 0.717) is 52.4 Å². The van der Waals surface area contributed by atoms with Crippen molar-refractivity contribution >= 4 is 40.4 Å². The number of furan rings is 1. The van der Waals surface area contributed by atoms with Crippen LogP contribution in [0.3, 0.4) is 0 Å². The summed E-state index contributed by atoms with van der Waals surface area (Å²) in [5.74, 6) is 0.377. The molecule has 41 heavy (non-hydrogen) atoms. The lowest BCUT2D eigenvalue weighted by Gasteiger charge is -2.36. The van der Waals surface area contributed by atoms with Gasteiger partial charge >= 0.3 is 0 Å². The third-order valence-corrected chi connectivity index (χ3v) is 7.78. The van der Waals surface area contributed by atoms with Crippen molar-refractivity contribution in [2.75, 3.05) is 10.2 Å². The summed E-state index contributed by atoms with van der Waals surface area (Å²) in [4.78, 5) is 40.5. The Labute approximate surface area is 241 Å². The third-order valence-electron chi connectivity index (χ3n) is 7.47. The van der Waals surface area contributed by atoms with Crippen molar-refractivity contribution in [2.45, 2.75) is 32.7 Å². The molecule has 3 aromatic carbocycles. The predicted molar refractivity (Wildman–Crippen MR) is 157 cm³/mol. The summed E-state index contributed by atoms with van der Waals surface area (Å²) in [5.41, 5.74) is 3.05. The Hall–Kier alpha value is -4.69. The molecule has 8 nitrogen and oxygen atoms in total. The lowest BCUT2D eigenvalue weighted by Crippen LogP contribution is -2.39. The maximum absolute atomic E-state index is 14.3. The fraction of sp³-hybridized carbons (Fsp3) is 0.188. The van der Waals surface area contributed by atoms with E-state index in [2.05, 4.69) is 19.2 Å². The number of non-ortho nitro benzene ring substituents is 1. The predicted octanol–water partition coefficient (Wildman–Crippen LogP) is 7.97. The molecule has 1 aliphatic carbocycles. The van der Waals surface area contributed by atoms with Gasteiger partial charge in [-0.25, -0.2) is 0 Å². The first kappa shape index (κ1) is 26.5. The van der Waals surface area contributed by atoms with Gasteiger partial charge < -0.3 is 9.73 Å². The van der Waals surface area contributed by atoms with Gasteiger partial charge in [0.2, 0.25) is 0 Å². The van der Waals surface area contributed by atoms with Gasteiger partial charge in [0.05, 0.1) is 21.3 Å². The number of nitrogens with zero attached hydrogens (tertiary/aromatic N) is 2. The average molecular weight is 568 g/mol. The summed E-state index contributed by atoms with van der Waals surface area (Å²) >= 11 is 6.42. The van der Waals surface area contributed by atoms with Crippen LogP contribution in [0.2, 0.25) is 5.02 Å². The molecule has 206 valence electrons. The van der Waals surface area contributed by atoms with Crippen LogP contribution in [-0.2, 0) is 4.79 Å². The van der Waals surface area contributed by atoms with Crippen LogP contribution in [0.4, 0.5) is 17.1 Å². The van der Waals surface area contributed by atoms with E-state index in [-0.39, 0.29) is 27.8 Å². The summed E-state index contributed by atoms with van der Waals surface area (Å²) in [7, 11) is 0. The molecule has 0 saturated heterocycles. The molecule has 2 heterocycles. The van der Waals surface area contributed by atoms with Gasteiger partial charge in [-0.15, -0.1) is 0 Å². The Bertz CT molecular complexity index is 1740. The average Bonchev–Trinajstić information content (AvgIpc) is 3.36. The Kier molecular flexibility index (Phi) is 6.50. The summed E-state index contributed by atoms with van der Waals surface area (Å²) in [6.45, 7) is 4.10. The van der Waals surface area contributed by atoms with Gasteiger partial charge in [-0.05, 0) is 54.3 Å². The normalized spacial score (nSPS) is 17.8. The molecule has 6 rings (SSSR count). The molecular formula is C32H26ClN3O5. The molecule has 9 heteroatoms. The quantitative estimate of drug-likeness (QED) is 0.198. The maximum atomic E-state index is 14.3. The van der Waals surface area contributed by atoms with Crippen LogP contribution in [0.25, 0.3) is 11.3 Å². The smallest absolute Gasteiger partial charge is 0.270 e. The molecule has 2 aliphatic rings. The number of carbonyl (C=O) groups is 2. The van der Waals surface area contributed by atoms with E-state index in [1.54, 1.807) is 41.3 Å². The van der Waals surface area contributed by atoms with Crippen LogP contribution in [0.5, 0.6) is 0 Å². The summed E-state index contributed by atoms with van der Waals surface area (Å²) in [6, 6.07) is 23.1. The molecule has 1 aliphatic heterocycles. The third kappa shape index (κ3) is 4.80. The van der Waals surface area contributed by atoms with Gasteiger partial charge in [-0.2, -0.15) is 0 Å². The van der Waals surface area contributed by atoms with E-state index >= 15 is 0 Å². The molecule has 1 N–H and O–H groups in total. The summed E-state index contributed by atoms with van der Waals surface area (Å²) < 4.78 is 6.36. The summed E-state index contributed by atoms with van der Waals surface area (Å²) in [6.07, 6.45) is 0.920. The van der Waals surface area contributed by atoms with E-state index in [9.17, 15) is 19.7 Å². The van der Waals surface area contributed by atoms with Crippen molar-refractivity contribution in [3.8, 4) is 11.3 Å². The number of allylic oxidation sites excluding steroid dienone is 1. The second kappa shape index (κ2) is 10.1. The highest BCUT2D eigenvalue weighted by Gasteiger charge is 2.44. The number of anilines is 2. The highest BCUT2D eigenvalue weighted by Crippen LogP contribution is 2.49. The number of fused-ring (bicyclic) bond motifs is 1. The number of para-hydroxylation sites is 2. The fourth-order valence-corrected chi connectivity index (χ4v) is 5.93. The van der Waals surface area contributed by atoms with Crippen LogP contribution in [-0.4, -0.2) is 16.6 Å². The lowest BCUT2D eigenvalue weighted by atomic mass is 9.74. The topological polar surface area (TPSA) is 106 Å². The zero-order valence-corrected chi connectivity index (χ0v) is 23.1. The molecule has 1 atom stereocenters. The van der Waals surface area contributed by atoms with Crippen LogP contribution in [0.1, 0.15) is 48.8 Å². The van der Waals surface area contributed by atoms with Crippen molar-refractivity contribution < 1.29 is 18.9 Å². The van der Waals surface area contributed by atoms with E-state index < -0.39 is 11.0 Å². The second-order valence-corrected chi connectivity index (χ2v) is 11.4. The fourth-order valence-electron chi connectivity index (χ4n) is 5.66. The number of hydrogen-bond donors (Lipinski definition) is 1. The summed E-state index contributed by atoms with van der Waals surface area (Å²) in [5, 5.41) is 14.9. The van der Waals surface area contributed by atoms with Gasteiger partial charge in [-0.1, -0.05) is 55.8 Å². The zero-order valence-electron chi connectivity index (χ0n) is 22.4. The number of amides is 1. The molecule has 0 fully saturated rings. The highest BCUT2D eigenvalue weighted by molar-refractivity contribution is 6.33. The standard InChI is InChI=1S/C32H26ClN3O5/c1-32(2)17-24-29(26(37)18-32)30(28-15-14-27(41-28)21-13-12-20(36(39)40)16-22(21)33)35(25-11-7-6-10-23(25)34-24)31(38)19-8-4-3-5-9-19/h3-16,30,34H,17-18H2,1-2H3/t30-/m0/s1. The first-order valence-corrected chi connectivity index (χ1v) is 13.6. The molecule has 1 aromatic heterocycles. The van der Waals surface area contributed by atoms with Gasteiger partial charge in [0.25, 0.3) is 11.6 Å². The number of Topliss-reactive ketones (excluding diaryl/α,β-unsaturated/α-hetero) is 1. The number of ketones is 1. The molecule has 0 spiro atoms. The monoisotopic (exact) mass is 567 g/mol. The van der Waals surface area contributed by atoms with E-state index in [0.717, 1.165) is 5.70 Å². The first-order chi connectivity index (χ1) is 19.6. The molecule has 0 bridgehead atoms. The van der Waals surface area contributed by atoms with Crippen molar-refractivity contribution in [1.29, 1.82) is 0 Å². The minimum absolute atomic E-state index is 0.0706. The van der Waals surface area contributed by atoms with Gasteiger partial charge in [0.15, 0.2) is 5.78 Å². The Morgan fingerprint density at radius 1 is 1.02 bits per heavy atom. The minimum Gasteiger partial charge on any atom is -0.458 e. The Morgan fingerprint density at radius 2 is 1.76 bits per heavy atom. The number of rotatable bonds is 4. The largest absolute Gasteiger partial charge is 0.458 e. The molecule has 4 aromatic rings. The molecule has 1 amide bonds. The zero-order chi connectivity index (χ0) is 28.9. The van der Waals surface area contributed by atoms with Gasteiger partial charge in [0.1, 0.15) is 17.6 Å². The van der Waals surface area contributed by atoms with Crippen molar-refractivity contribution in [1.82, 2.24) is 0 Å². The van der Waals surface area contributed by atoms with Gasteiger partial charge in [-0.3, -0.25) is 24.6 Å². The van der Waals surface area contributed by atoms with Crippen molar-refractivity contribution in [2.24, 2.45) is 5.41 Å². The van der Waals surface area contributed by atoms with Crippen LogP contribution in [0.15, 0.2) is 101 Å². The Morgan fingerprint density at radius 3 is 2.49 bits per heavy atom. The molecule has 0 unspecified atom stereocenters. The van der Waals surface area contributed by atoms with Crippen LogP contribution in [0, 0.1) is 15.5 Å². The molecular weight excluding hydrogens is 542 g/mol. The van der Waals surface area contributed by atoms with Crippen LogP contribution < -0.4 is 10.2 Å². The lowest BCUT2D eigenvalue weighted by molar-refractivity contribution is -0.384. The highest BCUT2D eigenvalue weighted by atomic mass is 35.5. The Balaban J connectivity index is 1.56. The number of carbonyl (C=O) groups excluding carboxylic acids is 2. The molecule has 0 saturated carbocycles. The minimum atomic E-state index is -0.872. The van der Waals surface area contributed by atoms with Crippen LogP contribution >= 0.6 is 11.6 Å². The van der Waals surface area contributed by atoms with Crippen molar-refractivity contribution in [3.63, 3.8) is 0 Å². The van der Waals surface area contributed by atoms with Gasteiger partial charge in [0, 0.05) is 41.0 Å². The second-order valence-electron chi connectivity index (χ2n) is 11.0. The number of nitro benzene ring substituents is 1. The van der Waals surface area contributed by atoms with E-state index in [4.69, 9.17) is 16.0 Å². The molecule has 0 radical (unpaired) electrons. The van der Waals surface area contributed by atoms with Crippen molar-refractivity contribution in [3.05, 3.63) is 123 Å². The number of nitro groups is 1. The number of hydrogen-bond acceptors (Lipinski definition) is 6. The van der Waals surface area contributed by atoms with E-state index in [1.807, 2.05) is 30.3 Å². The maximum Gasteiger partial charge on any atom is 0.270 e.